The Morgan fingerprint density at radius 3 is 2.88 bits per heavy atom. The predicted octanol–water partition coefficient (Wildman–Crippen LogP) is 2.47. The van der Waals surface area contributed by atoms with Gasteiger partial charge in [-0.1, -0.05) is 12.3 Å². The van der Waals surface area contributed by atoms with Crippen molar-refractivity contribution in [1.82, 2.24) is 0 Å². The van der Waals surface area contributed by atoms with E-state index >= 15 is 0 Å². The molecule has 0 aromatic carbocycles. The minimum atomic E-state index is -0.277. The van der Waals surface area contributed by atoms with Gasteiger partial charge in [-0.3, -0.25) is 0 Å². The van der Waals surface area contributed by atoms with Crippen LogP contribution in [-0.4, -0.2) is 31.7 Å². The van der Waals surface area contributed by atoms with E-state index in [2.05, 4.69) is 9.85 Å². The number of halogens is 1. The fraction of sp³-hybridized carbons (Fsp3) is 0.833. The standard InChI is InChI=1S/C12H17IO3/c13-7-4-8-14-9-11-10-15-12(16-11)5-2-1-3-6-12/h11H,1-3,5-6,8-10H2. The van der Waals surface area contributed by atoms with Crippen molar-refractivity contribution in [1.29, 1.82) is 0 Å². The van der Waals surface area contributed by atoms with Gasteiger partial charge < -0.3 is 14.2 Å². The summed E-state index contributed by atoms with van der Waals surface area (Å²) in [5.41, 5.74) is 0. The molecule has 1 atom stereocenters. The van der Waals surface area contributed by atoms with Crippen LogP contribution >= 0.6 is 22.6 Å². The van der Waals surface area contributed by atoms with Gasteiger partial charge in [0.05, 0.1) is 13.2 Å². The molecule has 4 heteroatoms. The molecule has 16 heavy (non-hydrogen) atoms. The molecule has 1 spiro atoms. The Labute approximate surface area is 110 Å². The van der Waals surface area contributed by atoms with Crippen molar-refractivity contribution in [2.45, 2.75) is 44.0 Å². The molecule has 2 aliphatic rings. The van der Waals surface area contributed by atoms with Crippen LogP contribution in [0.1, 0.15) is 32.1 Å². The monoisotopic (exact) mass is 336 g/mol. The van der Waals surface area contributed by atoms with Crippen molar-refractivity contribution in [2.75, 3.05) is 19.8 Å². The van der Waals surface area contributed by atoms with Crippen LogP contribution < -0.4 is 0 Å². The van der Waals surface area contributed by atoms with E-state index in [1.165, 1.54) is 19.3 Å². The molecule has 1 heterocycles. The summed E-state index contributed by atoms with van der Waals surface area (Å²) in [6.45, 7) is 1.74. The molecule has 2 rings (SSSR count). The highest BCUT2D eigenvalue weighted by Crippen LogP contribution is 2.37. The Bertz CT molecular complexity index is 276. The van der Waals surface area contributed by atoms with Crippen LogP contribution in [0, 0.1) is 9.85 Å². The molecule has 0 aromatic rings. The van der Waals surface area contributed by atoms with Crippen LogP contribution in [0.3, 0.4) is 0 Å². The molecular weight excluding hydrogens is 319 g/mol. The number of hydrogen-bond donors (Lipinski definition) is 0. The lowest BCUT2D eigenvalue weighted by Gasteiger charge is -2.31. The Morgan fingerprint density at radius 2 is 2.12 bits per heavy atom. The first-order valence-corrected chi connectivity index (χ1v) is 6.90. The van der Waals surface area contributed by atoms with Crippen LogP contribution in [0.2, 0.25) is 0 Å². The second-order valence-electron chi connectivity index (χ2n) is 4.31. The van der Waals surface area contributed by atoms with Gasteiger partial charge in [0.25, 0.3) is 0 Å². The number of ether oxygens (including phenoxy) is 3. The molecule has 1 aliphatic heterocycles. The summed E-state index contributed by atoms with van der Waals surface area (Å²) in [6.07, 6.45) is 5.91. The highest BCUT2D eigenvalue weighted by Gasteiger charge is 2.42. The highest BCUT2D eigenvalue weighted by atomic mass is 127. The molecule has 0 N–H and O–H groups in total. The topological polar surface area (TPSA) is 27.7 Å². The van der Waals surface area contributed by atoms with Crippen molar-refractivity contribution in [3.8, 4) is 9.85 Å². The average molecular weight is 336 g/mol. The van der Waals surface area contributed by atoms with Gasteiger partial charge in [-0.25, -0.2) is 0 Å². The minimum Gasteiger partial charge on any atom is -0.366 e. The third kappa shape index (κ3) is 3.33. The first-order valence-electron chi connectivity index (χ1n) is 5.83. The smallest absolute Gasteiger partial charge is 0.169 e. The average Bonchev–Trinajstić information content (AvgIpc) is 2.69. The molecule has 0 radical (unpaired) electrons. The normalized spacial score (nSPS) is 27.7. The van der Waals surface area contributed by atoms with Gasteiger partial charge in [0.1, 0.15) is 12.7 Å². The van der Waals surface area contributed by atoms with Gasteiger partial charge in [-0.2, -0.15) is 0 Å². The molecule has 0 bridgehead atoms. The molecule has 3 nitrogen and oxygen atoms in total. The Hall–Kier alpha value is 0.170. The van der Waals surface area contributed by atoms with Crippen LogP contribution in [0.5, 0.6) is 0 Å². The Balaban J connectivity index is 1.71. The zero-order chi connectivity index (χ0) is 11.3. The van der Waals surface area contributed by atoms with E-state index in [4.69, 9.17) is 14.2 Å². The van der Waals surface area contributed by atoms with E-state index < -0.39 is 0 Å². The molecule has 90 valence electrons. The Kier molecular flexibility index (Phi) is 4.89. The maximum absolute atomic E-state index is 5.97. The van der Waals surface area contributed by atoms with Crippen molar-refractivity contribution in [3.63, 3.8) is 0 Å². The van der Waals surface area contributed by atoms with E-state index in [0.717, 1.165) is 12.8 Å². The molecule has 0 amide bonds. The van der Waals surface area contributed by atoms with E-state index in [1.807, 2.05) is 22.6 Å². The van der Waals surface area contributed by atoms with E-state index in [-0.39, 0.29) is 11.9 Å². The fourth-order valence-corrected chi connectivity index (χ4v) is 2.48. The minimum absolute atomic E-state index is 0.0918. The second-order valence-corrected chi connectivity index (χ2v) is 4.85. The fourth-order valence-electron chi connectivity index (χ4n) is 2.32. The summed E-state index contributed by atoms with van der Waals surface area (Å²) >= 11 is 2.01. The lowest BCUT2D eigenvalue weighted by atomic mass is 9.94. The molecule has 0 aromatic heterocycles. The summed E-state index contributed by atoms with van der Waals surface area (Å²) in [4.78, 5) is 0. The van der Waals surface area contributed by atoms with Gasteiger partial charge in [0.2, 0.25) is 0 Å². The lowest BCUT2D eigenvalue weighted by molar-refractivity contribution is -0.190. The molecular formula is C12H17IO3. The van der Waals surface area contributed by atoms with Gasteiger partial charge in [0.15, 0.2) is 5.79 Å². The third-order valence-electron chi connectivity index (χ3n) is 3.07. The summed E-state index contributed by atoms with van der Waals surface area (Å²) < 4.78 is 20.0. The van der Waals surface area contributed by atoms with Crippen LogP contribution in [0.15, 0.2) is 0 Å². The van der Waals surface area contributed by atoms with Crippen LogP contribution in [0.25, 0.3) is 0 Å². The maximum Gasteiger partial charge on any atom is 0.169 e. The SMILES string of the molecule is IC#CCOCC1COC2(CCCCC2)O1. The molecule has 1 saturated carbocycles. The van der Waals surface area contributed by atoms with Gasteiger partial charge in [-0.05, 0) is 16.8 Å². The van der Waals surface area contributed by atoms with Crippen molar-refractivity contribution in [3.05, 3.63) is 0 Å². The van der Waals surface area contributed by atoms with Gasteiger partial charge in [-0.15, -0.1) is 0 Å². The quantitative estimate of drug-likeness (QED) is 0.450. The van der Waals surface area contributed by atoms with Crippen LogP contribution in [-0.2, 0) is 14.2 Å². The summed E-state index contributed by atoms with van der Waals surface area (Å²) in [6, 6.07) is 0. The summed E-state index contributed by atoms with van der Waals surface area (Å²) in [7, 11) is 0. The van der Waals surface area contributed by atoms with Crippen LogP contribution in [0.4, 0.5) is 0 Å². The molecule has 1 saturated heterocycles. The second kappa shape index (κ2) is 6.20. The maximum atomic E-state index is 5.97. The van der Waals surface area contributed by atoms with E-state index in [0.29, 0.717) is 19.8 Å². The van der Waals surface area contributed by atoms with Crippen molar-refractivity contribution in [2.24, 2.45) is 0 Å². The van der Waals surface area contributed by atoms with Crippen molar-refractivity contribution < 1.29 is 14.2 Å². The largest absolute Gasteiger partial charge is 0.366 e. The highest BCUT2D eigenvalue weighted by molar-refractivity contribution is 14.1. The first-order chi connectivity index (χ1) is 7.85. The number of hydrogen-bond acceptors (Lipinski definition) is 3. The molecule has 1 unspecified atom stereocenters. The Morgan fingerprint density at radius 1 is 1.31 bits per heavy atom. The van der Waals surface area contributed by atoms with Crippen molar-refractivity contribution >= 4 is 22.6 Å². The predicted molar refractivity (Wildman–Crippen MR) is 69.3 cm³/mol. The molecule has 1 aliphatic carbocycles. The van der Waals surface area contributed by atoms with E-state index in [9.17, 15) is 0 Å². The summed E-state index contributed by atoms with van der Waals surface area (Å²) in [5, 5.41) is 0. The first kappa shape index (κ1) is 12.6. The third-order valence-corrected chi connectivity index (χ3v) is 3.46. The number of rotatable bonds is 3. The van der Waals surface area contributed by atoms with Gasteiger partial charge in [0, 0.05) is 35.4 Å². The molecule has 2 fully saturated rings. The summed E-state index contributed by atoms with van der Waals surface area (Å²) in [5.74, 6) is 2.58. The van der Waals surface area contributed by atoms with E-state index in [1.54, 1.807) is 0 Å². The zero-order valence-corrected chi connectivity index (χ0v) is 11.5. The lowest BCUT2D eigenvalue weighted by Crippen LogP contribution is -2.34. The van der Waals surface area contributed by atoms with Gasteiger partial charge >= 0.3 is 0 Å². The zero-order valence-electron chi connectivity index (χ0n) is 9.34.